The zero-order chi connectivity index (χ0) is 19.7. The third-order valence-electron chi connectivity index (χ3n) is 4.81. The maximum atomic E-state index is 11.8. The number of hydrogen-bond acceptors (Lipinski definition) is 9. The number of fused-ring (bicyclic) bond motifs is 1. The number of primary amides is 1. The number of carbonyl (C=O) groups excluding carboxylic acids is 1. The van der Waals surface area contributed by atoms with E-state index >= 15 is 0 Å². The number of nitrogens with one attached hydrogen (secondary N) is 2. The lowest BCUT2D eigenvalue weighted by Crippen LogP contribution is -2.43. The number of hydrogen-bond donors (Lipinski definition) is 4. The van der Waals surface area contributed by atoms with E-state index in [4.69, 9.17) is 11.5 Å². The van der Waals surface area contributed by atoms with E-state index in [0.717, 1.165) is 46.6 Å². The number of amides is 1. The molecule has 2 heterocycles. The fraction of sp³-hybridized carbons (Fsp3) is 0.389. The molecule has 1 amide bonds. The van der Waals surface area contributed by atoms with Crippen molar-refractivity contribution in [3.8, 4) is 0 Å². The Kier molecular flexibility index (Phi) is 5.05. The predicted molar refractivity (Wildman–Crippen MR) is 110 cm³/mol. The average Bonchev–Trinajstić information content (AvgIpc) is 3.03. The van der Waals surface area contributed by atoms with Crippen molar-refractivity contribution in [1.29, 1.82) is 0 Å². The highest BCUT2D eigenvalue weighted by molar-refractivity contribution is 7.18. The van der Waals surface area contributed by atoms with Crippen LogP contribution in [0.2, 0.25) is 0 Å². The Labute approximate surface area is 166 Å². The van der Waals surface area contributed by atoms with Crippen molar-refractivity contribution >= 4 is 44.9 Å². The lowest BCUT2D eigenvalue weighted by atomic mass is 9.91. The van der Waals surface area contributed by atoms with E-state index in [0.29, 0.717) is 5.95 Å². The van der Waals surface area contributed by atoms with Gasteiger partial charge < -0.3 is 22.1 Å². The number of nitrogens with zero attached hydrogens (tertiary/aromatic N) is 4. The molecule has 1 saturated carbocycles. The molecule has 146 valence electrons. The van der Waals surface area contributed by atoms with Gasteiger partial charge >= 0.3 is 0 Å². The summed E-state index contributed by atoms with van der Waals surface area (Å²) in [6, 6.07) is 5.89. The van der Waals surface area contributed by atoms with Gasteiger partial charge in [-0.05, 0) is 38.0 Å². The van der Waals surface area contributed by atoms with Gasteiger partial charge in [-0.2, -0.15) is 4.98 Å². The predicted octanol–water partition coefficient (Wildman–Crippen LogP) is 2.31. The van der Waals surface area contributed by atoms with Gasteiger partial charge in [-0.25, -0.2) is 4.98 Å². The van der Waals surface area contributed by atoms with E-state index in [1.54, 1.807) is 11.3 Å². The van der Waals surface area contributed by atoms with Crippen LogP contribution < -0.4 is 22.1 Å². The molecule has 6 N–H and O–H groups in total. The number of aryl methyl sites for hydroxylation is 1. The Hall–Kier alpha value is -2.85. The van der Waals surface area contributed by atoms with E-state index in [9.17, 15) is 4.79 Å². The normalized spacial score (nSPS) is 19.5. The summed E-state index contributed by atoms with van der Waals surface area (Å²) in [5.41, 5.74) is 13.2. The van der Waals surface area contributed by atoms with Crippen LogP contribution in [0.4, 0.5) is 17.5 Å². The molecule has 10 heteroatoms. The van der Waals surface area contributed by atoms with Gasteiger partial charge in [0.2, 0.25) is 5.95 Å². The van der Waals surface area contributed by atoms with Gasteiger partial charge in [-0.15, -0.1) is 21.5 Å². The van der Waals surface area contributed by atoms with Gasteiger partial charge in [0.05, 0.1) is 15.2 Å². The molecule has 1 aliphatic carbocycles. The van der Waals surface area contributed by atoms with Crippen molar-refractivity contribution in [3.63, 3.8) is 0 Å². The van der Waals surface area contributed by atoms with Gasteiger partial charge in [0.15, 0.2) is 11.5 Å². The van der Waals surface area contributed by atoms with Crippen LogP contribution in [-0.2, 0) is 0 Å². The molecule has 2 aromatic heterocycles. The molecule has 0 bridgehead atoms. The number of rotatable bonds is 5. The summed E-state index contributed by atoms with van der Waals surface area (Å²) >= 11 is 1.62. The fourth-order valence-corrected chi connectivity index (χ4v) is 4.21. The summed E-state index contributed by atoms with van der Waals surface area (Å²) < 4.78 is 1.09. The first-order chi connectivity index (χ1) is 13.5. The molecule has 28 heavy (non-hydrogen) atoms. The summed E-state index contributed by atoms with van der Waals surface area (Å²) in [5, 5.41) is 15.3. The van der Waals surface area contributed by atoms with Crippen LogP contribution in [0.25, 0.3) is 10.2 Å². The zero-order valence-corrected chi connectivity index (χ0v) is 16.3. The number of thiazole rings is 1. The van der Waals surface area contributed by atoms with E-state index in [1.807, 2.05) is 25.1 Å². The number of benzene rings is 1. The van der Waals surface area contributed by atoms with Crippen molar-refractivity contribution in [2.24, 2.45) is 11.5 Å². The Bertz CT molecular complexity index is 1020. The molecule has 4 rings (SSSR count). The fourth-order valence-electron chi connectivity index (χ4n) is 3.40. The summed E-state index contributed by atoms with van der Waals surface area (Å²) in [5.74, 6) is -0.130. The smallest absolute Gasteiger partial charge is 0.273 e. The third-order valence-corrected chi connectivity index (χ3v) is 5.76. The monoisotopic (exact) mass is 398 g/mol. The van der Waals surface area contributed by atoms with Crippen LogP contribution in [0.15, 0.2) is 18.2 Å². The van der Waals surface area contributed by atoms with Crippen molar-refractivity contribution in [1.82, 2.24) is 20.2 Å². The quantitative estimate of drug-likeness (QED) is 0.512. The van der Waals surface area contributed by atoms with Gasteiger partial charge in [0.1, 0.15) is 0 Å². The highest BCUT2D eigenvalue weighted by atomic mass is 32.1. The minimum Gasteiger partial charge on any atom is -0.364 e. The molecule has 1 aliphatic rings. The van der Waals surface area contributed by atoms with Crippen molar-refractivity contribution in [2.75, 3.05) is 10.6 Å². The number of anilines is 3. The molecular formula is C18H22N8OS. The van der Waals surface area contributed by atoms with Crippen molar-refractivity contribution < 1.29 is 4.79 Å². The molecule has 1 fully saturated rings. The number of aromatic nitrogens is 4. The highest BCUT2D eigenvalue weighted by Gasteiger charge is 2.23. The number of carbonyl (C=O) groups is 1. The third kappa shape index (κ3) is 3.87. The lowest BCUT2D eigenvalue weighted by Gasteiger charge is -2.29. The van der Waals surface area contributed by atoms with Gasteiger partial charge in [0, 0.05) is 17.8 Å². The Morgan fingerprint density at radius 3 is 2.82 bits per heavy atom. The zero-order valence-electron chi connectivity index (χ0n) is 15.5. The first kappa shape index (κ1) is 18.5. The Morgan fingerprint density at radius 1 is 1.21 bits per heavy atom. The van der Waals surface area contributed by atoms with Crippen LogP contribution in [-0.4, -0.2) is 38.2 Å². The summed E-state index contributed by atoms with van der Waals surface area (Å²) in [4.78, 5) is 20.7. The maximum absolute atomic E-state index is 11.8. The summed E-state index contributed by atoms with van der Waals surface area (Å²) in [6.45, 7) is 1.96. The van der Waals surface area contributed by atoms with Crippen LogP contribution in [0, 0.1) is 6.92 Å². The molecule has 0 unspecified atom stereocenters. The molecule has 0 spiro atoms. The van der Waals surface area contributed by atoms with Gasteiger partial charge in [-0.3, -0.25) is 4.79 Å². The van der Waals surface area contributed by atoms with Gasteiger partial charge in [0.25, 0.3) is 5.91 Å². The second-order valence-electron chi connectivity index (χ2n) is 6.94. The van der Waals surface area contributed by atoms with Crippen molar-refractivity contribution in [3.05, 3.63) is 28.9 Å². The molecule has 9 nitrogen and oxygen atoms in total. The minimum atomic E-state index is -0.700. The second kappa shape index (κ2) is 7.64. The molecular weight excluding hydrogens is 376 g/mol. The van der Waals surface area contributed by atoms with E-state index in [1.165, 1.54) is 0 Å². The highest BCUT2D eigenvalue weighted by Crippen LogP contribution is 2.27. The van der Waals surface area contributed by atoms with Gasteiger partial charge in [-0.1, -0.05) is 12.8 Å². The largest absolute Gasteiger partial charge is 0.364 e. The summed E-state index contributed by atoms with van der Waals surface area (Å²) in [7, 11) is 0. The SMILES string of the molecule is Cc1nc2cc(Nc3nc(N[C@@H]4CCCC[C@@H]4N)nnc3C(N)=O)ccc2s1. The first-order valence-corrected chi connectivity index (χ1v) is 10.0. The number of nitrogens with two attached hydrogens (primary N) is 2. The molecule has 2 atom stereocenters. The standard InChI is InChI=1S/C18H22N8OS/c1-9-21-13-8-10(6-7-14(13)28-9)22-17-15(16(20)27)25-26-18(24-17)23-12-5-3-2-4-11(12)19/h6-8,11-12H,2-5,19H2,1H3,(H2,20,27)(H2,22,23,24,26)/t11-,12+/m0/s1. The topological polar surface area (TPSA) is 145 Å². The Balaban J connectivity index is 1.62. The lowest BCUT2D eigenvalue weighted by molar-refractivity contribution is 0.0995. The second-order valence-corrected chi connectivity index (χ2v) is 8.17. The first-order valence-electron chi connectivity index (χ1n) is 9.20. The molecule has 0 saturated heterocycles. The molecule has 1 aromatic carbocycles. The van der Waals surface area contributed by atoms with E-state index in [-0.39, 0.29) is 23.6 Å². The molecule has 0 radical (unpaired) electrons. The van der Waals surface area contributed by atoms with Crippen LogP contribution in [0.1, 0.15) is 41.2 Å². The minimum absolute atomic E-state index is 0.0203. The van der Waals surface area contributed by atoms with Crippen molar-refractivity contribution in [2.45, 2.75) is 44.7 Å². The average molecular weight is 398 g/mol. The maximum Gasteiger partial charge on any atom is 0.273 e. The van der Waals surface area contributed by atoms with Crippen LogP contribution in [0.3, 0.4) is 0 Å². The van der Waals surface area contributed by atoms with Crippen LogP contribution in [0.5, 0.6) is 0 Å². The van der Waals surface area contributed by atoms with E-state index in [2.05, 4.69) is 30.8 Å². The summed E-state index contributed by atoms with van der Waals surface area (Å²) in [6.07, 6.45) is 4.15. The molecule has 3 aromatic rings. The van der Waals surface area contributed by atoms with Crippen LogP contribution >= 0.6 is 11.3 Å². The van der Waals surface area contributed by atoms with E-state index < -0.39 is 5.91 Å². The Morgan fingerprint density at radius 2 is 2.04 bits per heavy atom. The molecule has 0 aliphatic heterocycles.